The molecule has 0 bridgehead atoms. The van der Waals surface area contributed by atoms with Crippen molar-refractivity contribution >= 4 is 34.0 Å². The topological polar surface area (TPSA) is 89.6 Å². The predicted molar refractivity (Wildman–Crippen MR) is 151 cm³/mol. The maximum Gasteiger partial charge on any atom is 0.418 e. The number of halogens is 6. The molecule has 1 aliphatic carbocycles. The molecule has 1 aromatic carbocycles. The number of alkyl halides is 4. The fourth-order valence-corrected chi connectivity index (χ4v) is 7.73. The SMILES string of the molecule is CN1c2nc(OC[C@@]34CCCN3C[C@H](F)C4)nc3c(F)c(-c4cc(N)cc(Cl)c4C(F)(F)F)nc(c23)OC2CCCCC21. The fraction of sp³-hybridized carbons (Fsp3) is 0.552. The van der Waals surface area contributed by atoms with Crippen LogP contribution in [0, 0.1) is 5.82 Å². The quantitative estimate of drug-likeness (QED) is 0.272. The Labute approximate surface area is 249 Å². The van der Waals surface area contributed by atoms with Crippen LogP contribution >= 0.6 is 11.6 Å². The first kappa shape index (κ1) is 28.6. The van der Waals surface area contributed by atoms with E-state index >= 15 is 4.39 Å². The standard InChI is InChI=1S/C29H30ClF5N6O2/c1-40-18-5-2-3-6-19(18)43-26-20-24(22(32)23(37-26)16-9-15(36)10-17(30)21(16)29(33,34)35)38-27(39-25(20)40)42-13-28-7-4-8-41(28)12-14(31)11-28/h9-10,14,18-19H,2-8,11-13,36H2,1H3/t14-,18?,19?,28+/m1/s1. The average molecular weight is 625 g/mol. The van der Waals surface area contributed by atoms with Crippen molar-refractivity contribution in [3.8, 4) is 23.1 Å². The normalized spacial score (nSPS) is 27.1. The van der Waals surface area contributed by atoms with Crippen LogP contribution in [0.1, 0.15) is 50.5 Å². The smallest absolute Gasteiger partial charge is 0.418 e. The lowest BCUT2D eigenvalue weighted by atomic mass is 9.91. The first-order valence-corrected chi connectivity index (χ1v) is 14.8. The molecule has 2 N–H and O–H groups in total. The van der Waals surface area contributed by atoms with Gasteiger partial charge in [0.25, 0.3) is 0 Å². The molecule has 230 valence electrons. The Balaban J connectivity index is 1.41. The maximum absolute atomic E-state index is 16.5. The van der Waals surface area contributed by atoms with E-state index < -0.39 is 45.5 Å². The van der Waals surface area contributed by atoms with Crippen molar-refractivity contribution in [3.05, 3.63) is 28.5 Å². The predicted octanol–water partition coefficient (Wildman–Crippen LogP) is 6.18. The molecule has 2 unspecified atom stereocenters. The van der Waals surface area contributed by atoms with E-state index in [0.717, 1.165) is 50.8 Å². The van der Waals surface area contributed by atoms with E-state index in [1.54, 1.807) is 0 Å². The molecule has 5 heterocycles. The lowest BCUT2D eigenvalue weighted by molar-refractivity contribution is -0.137. The number of nitrogens with zero attached hydrogens (tertiary/aromatic N) is 5. The maximum atomic E-state index is 16.5. The number of ether oxygens (including phenoxy) is 2. The number of nitrogens with two attached hydrogens (primary N) is 1. The van der Waals surface area contributed by atoms with Crippen molar-refractivity contribution in [2.75, 3.05) is 37.4 Å². The summed E-state index contributed by atoms with van der Waals surface area (Å²) in [5.41, 5.74) is 2.42. The Morgan fingerprint density at radius 3 is 2.74 bits per heavy atom. The minimum atomic E-state index is -4.93. The molecule has 8 nitrogen and oxygen atoms in total. The van der Waals surface area contributed by atoms with Gasteiger partial charge in [0, 0.05) is 31.3 Å². The third kappa shape index (κ3) is 4.70. The van der Waals surface area contributed by atoms with E-state index in [1.165, 1.54) is 0 Å². The van der Waals surface area contributed by atoms with Crippen LogP contribution in [0.5, 0.6) is 11.9 Å². The zero-order valence-electron chi connectivity index (χ0n) is 23.4. The largest absolute Gasteiger partial charge is 0.472 e. The molecule has 14 heteroatoms. The van der Waals surface area contributed by atoms with Crippen molar-refractivity contribution in [1.29, 1.82) is 0 Å². The third-order valence-electron chi connectivity index (χ3n) is 9.36. The van der Waals surface area contributed by atoms with Gasteiger partial charge in [0.1, 0.15) is 41.3 Å². The molecule has 2 saturated heterocycles. The van der Waals surface area contributed by atoms with Gasteiger partial charge in [-0.3, -0.25) is 4.90 Å². The fourth-order valence-electron chi connectivity index (χ4n) is 7.40. The molecule has 0 radical (unpaired) electrons. The lowest BCUT2D eigenvalue weighted by Crippen LogP contribution is -2.45. The van der Waals surface area contributed by atoms with Gasteiger partial charge >= 0.3 is 12.2 Å². The molecule has 0 amide bonds. The van der Waals surface area contributed by atoms with Crippen molar-refractivity contribution in [3.63, 3.8) is 0 Å². The summed E-state index contributed by atoms with van der Waals surface area (Å²) in [6.07, 6.45) is -1.03. The van der Waals surface area contributed by atoms with E-state index in [0.29, 0.717) is 25.2 Å². The molecule has 7 rings (SSSR count). The molecule has 4 aliphatic rings. The van der Waals surface area contributed by atoms with Crippen molar-refractivity contribution in [2.45, 2.75) is 75.0 Å². The highest BCUT2D eigenvalue weighted by Crippen LogP contribution is 2.47. The summed E-state index contributed by atoms with van der Waals surface area (Å²) in [5, 5.41) is -0.544. The van der Waals surface area contributed by atoms with Crippen LogP contribution in [0.2, 0.25) is 5.02 Å². The molecule has 2 aromatic heterocycles. The summed E-state index contributed by atoms with van der Waals surface area (Å²) in [6.45, 7) is 1.18. The van der Waals surface area contributed by atoms with Gasteiger partial charge in [0.05, 0.1) is 22.2 Å². The molecule has 3 fully saturated rings. The third-order valence-corrected chi connectivity index (χ3v) is 9.65. The molecule has 1 saturated carbocycles. The van der Waals surface area contributed by atoms with Gasteiger partial charge in [-0.1, -0.05) is 18.0 Å². The number of nitrogen functional groups attached to an aromatic ring is 1. The van der Waals surface area contributed by atoms with Crippen LogP contribution in [0.3, 0.4) is 0 Å². The summed E-state index contributed by atoms with van der Waals surface area (Å²) in [6, 6.07) is 1.66. The number of anilines is 2. The van der Waals surface area contributed by atoms with Gasteiger partial charge in [0.2, 0.25) is 5.88 Å². The summed E-state index contributed by atoms with van der Waals surface area (Å²) in [5.74, 6) is -0.885. The molecule has 0 spiro atoms. The second-order valence-corrected chi connectivity index (χ2v) is 12.4. The first-order valence-electron chi connectivity index (χ1n) is 14.4. The molecule has 3 aromatic rings. The second-order valence-electron chi connectivity index (χ2n) is 12.0. The number of benzene rings is 1. The second kappa shape index (κ2) is 10.2. The number of hydrogen-bond donors (Lipinski definition) is 1. The van der Waals surface area contributed by atoms with E-state index in [-0.39, 0.29) is 47.2 Å². The summed E-state index contributed by atoms with van der Waals surface area (Å²) < 4.78 is 86.0. The highest BCUT2D eigenvalue weighted by atomic mass is 35.5. The van der Waals surface area contributed by atoms with Crippen LogP contribution in [0.4, 0.5) is 33.5 Å². The van der Waals surface area contributed by atoms with Crippen molar-refractivity contribution in [2.24, 2.45) is 0 Å². The Morgan fingerprint density at radius 2 is 1.95 bits per heavy atom. The van der Waals surface area contributed by atoms with Gasteiger partial charge < -0.3 is 20.1 Å². The number of pyridine rings is 1. The number of rotatable bonds is 4. The van der Waals surface area contributed by atoms with E-state index in [2.05, 4.69) is 19.9 Å². The van der Waals surface area contributed by atoms with Crippen LogP contribution in [0.25, 0.3) is 22.2 Å². The lowest BCUT2D eigenvalue weighted by Gasteiger charge is -2.36. The van der Waals surface area contributed by atoms with Crippen LogP contribution in [-0.2, 0) is 6.18 Å². The highest BCUT2D eigenvalue weighted by Gasteiger charge is 2.49. The van der Waals surface area contributed by atoms with Crippen molar-refractivity contribution < 1.29 is 31.4 Å². The van der Waals surface area contributed by atoms with E-state index in [1.807, 2.05) is 11.9 Å². The van der Waals surface area contributed by atoms with Gasteiger partial charge in [-0.25, -0.2) is 13.8 Å². The Hall–Kier alpha value is -3.19. The molecule has 3 aliphatic heterocycles. The number of fused-ring (bicyclic) bond motifs is 2. The monoisotopic (exact) mass is 624 g/mol. The number of aromatic nitrogens is 3. The molecule has 4 atom stereocenters. The molecular weight excluding hydrogens is 595 g/mol. The first-order chi connectivity index (χ1) is 20.4. The van der Waals surface area contributed by atoms with Crippen molar-refractivity contribution in [1.82, 2.24) is 19.9 Å². The minimum absolute atomic E-state index is 0.0718. The van der Waals surface area contributed by atoms with Crippen LogP contribution in [0.15, 0.2) is 12.1 Å². The minimum Gasteiger partial charge on any atom is -0.472 e. The molecule has 43 heavy (non-hydrogen) atoms. The zero-order chi connectivity index (χ0) is 30.3. The van der Waals surface area contributed by atoms with Gasteiger partial charge in [-0.2, -0.15) is 23.1 Å². The molecular formula is C29H30ClF5N6O2. The summed E-state index contributed by atoms with van der Waals surface area (Å²) >= 11 is 6.00. The Bertz CT molecular complexity index is 1610. The van der Waals surface area contributed by atoms with E-state index in [9.17, 15) is 17.6 Å². The average Bonchev–Trinajstić information content (AvgIpc) is 3.43. The summed E-state index contributed by atoms with van der Waals surface area (Å²) in [7, 11) is 1.82. The van der Waals surface area contributed by atoms with Gasteiger partial charge in [0.15, 0.2) is 5.82 Å². The Morgan fingerprint density at radius 1 is 1.16 bits per heavy atom. The van der Waals surface area contributed by atoms with Gasteiger partial charge in [-0.15, -0.1) is 0 Å². The van der Waals surface area contributed by atoms with Crippen LogP contribution < -0.4 is 20.1 Å². The highest BCUT2D eigenvalue weighted by molar-refractivity contribution is 6.32. The number of likely N-dealkylation sites (N-methyl/N-ethyl adjacent to an activating group) is 1. The Kier molecular flexibility index (Phi) is 6.77. The van der Waals surface area contributed by atoms with E-state index in [4.69, 9.17) is 26.8 Å². The van der Waals surface area contributed by atoms with Gasteiger partial charge in [-0.05, 0) is 50.8 Å². The number of hydrogen-bond acceptors (Lipinski definition) is 8. The zero-order valence-corrected chi connectivity index (χ0v) is 24.1. The summed E-state index contributed by atoms with van der Waals surface area (Å²) in [4.78, 5) is 17.3. The van der Waals surface area contributed by atoms with Crippen LogP contribution in [-0.4, -0.2) is 70.5 Å².